The van der Waals surface area contributed by atoms with E-state index in [0.29, 0.717) is 0 Å². The number of likely N-dealkylation sites (tertiary alicyclic amines) is 1. The summed E-state index contributed by atoms with van der Waals surface area (Å²) in [6.07, 6.45) is 26.2. The van der Waals surface area contributed by atoms with Gasteiger partial charge in [-0.3, -0.25) is 0 Å². The van der Waals surface area contributed by atoms with Crippen molar-refractivity contribution in [1.82, 2.24) is 4.90 Å². The second-order valence-corrected chi connectivity index (χ2v) is 11.1. The molecule has 0 N–H and O–H groups in total. The largest absolute Gasteiger partial charge is 0.473 e. The van der Waals surface area contributed by atoms with Crippen molar-refractivity contribution in [1.29, 1.82) is 0 Å². The van der Waals surface area contributed by atoms with Crippen LogP contribution in [0.5, 0.6) is 0 Å². The van der Waals surface area contributed by atoms with E-state index in [9.17, 15) is 0 Å². The molecule has 1 aromatic heterocycles. The summed E-state index contributed by atoms with van der Waals surface area (Å²) in [5, 5.41) is 0. The Morgan fingerprint density at radius 1 is 0.312 bits per heavy atom. The Kier molecular flexibility index (Phi) is 228. The van der Waals surface area contributed by atoms with Crippen molar-refractivity contribution in [2.75, 3.05) is 20.1 Å². The van der Waals surface area contributed by atoms with E-state index >= 15 is 0 Å². The maximum absolute atomic E-state index is 4.58. The second kappa shape index (κ2) is 152. The first-order valence-corrected chi connectivity index (χ1v) is 28.4. The molecule has 3 aliphatic rings. The molecular formula is C62H135NO. The van der Waals surface area contributed by atoms with Crippen LogP contribution in [0.1, 0.15) is 289 Å². The van der Waals surface area contributed by atoms with Gasteiger partial charge >= 0.3 is 0 Å². The lowest BCUT2D eigenvalue weighted by atomic mass is 10.0. The van der Waals surface area contributed by atoms with Crippen LogP contribution < -0.4 is 0 Å². The zero-order chi connectivity index (χ0) is 53.2. The van der Waals surface area contributed by atoms with Gasteiger partial charge in [-0.25, -0.2) is 0 Å². The minimum atomic E-state index is 1.14. The SMILES string of the molecule is C1CCCC1.C1CCCCC1.CC.CC.CC.CC.CC.CC.CC.CC.CC.CC.CC.CCC.CCC.CCc1ccccc1.CN1CCCC1.c1ccccc1.c1ccoc1. The number of aryl methyl sites for hydroxylation is 1. The summed E-state index contributed by atoms with van der Waals surface area (Å²) in [5.41, 5.74) is 1.41. The summed E-state index contributed by atoms with van der Waals surface area (Å²) in [6.45, 7) is 57.3. The van der Waals surface area contributed by atoms with Crippen LogP contribution in [0, 0.1) is 0 Å². The number of hydrogen-bond donors (Lipinski definition) is 0. The Bertz CT molecular complexity index is 694. The average molecular weight is 911 g/mol. The summed E-state index contributed by atoms with van der Waals surface area (Å²) >= 11 is 0. The molecule has 0 amide bonds. The molecule has 3 fully saturated rings. The van der Waals surface area contributed by atoms with Gasteiger partial charge in [0, 0.05) is 0 Å². The lowest BCUT2D eigenvalue weighted by Crippen LogP contribution is -2.10. The smallest absolute Gasteiger partial charge is 0.0902 e. The Morgan fingerprint density at radius 3 is 0.609 bits per heavy atom. The highest BCUT2D eigenvalue weighted by Gasteiger charge is 2.03. The Balaban J connectivity index is -0.0000000401. The Labute approximate surface area is 414 Å². The van der Waals surface area contributed by atoms with Crippen LogP contribution in [0.3, 0.4) is 0 Å². The summed E-state index contributed by atoms with van der Waals surface area (Å²) in [5.74, 6) is 0. The van der Waals surface area contributed by atoms with Gasteiger partial charge in [0.1, 0.15) is 0 Å². The molecule has 3 aromatic rings. The first-order chi connectivity index (χ1) is 31.7. The van der Waals surface area contributed by atoms with Crippen LogP contribution in [0.4, 0.5) is 0 Å². The highest BCUT2D eigenvalue weighted by Crippen LogP contribution is 2.15. The number of hydrogen-bond acceptors (Lipinski definition) is 2. The summed E-state index contributed by atoms with van der Waals surface area (Å²) in [4.78, 5) is 2.36. The highest BCUT2D eigenvalue weighted by atomic mass is 16.3. The van der Waals surface area contributed by atoms with Crippen LogP contribution in [-0.4, -0.2) is 25.0 Å². The quantitative estimate of drug-likeness (QED) is 0.242. The first-order valence-electron chi connectivity index (χ1n) is 28.4. The van der Waals surface area contributed by atoms with Gasteiger partial charge in [0.15, 0.2) is 0 Å². The van der Waals surface area contributed by atoms with Crippen LogP contribution in [-0.2, 0) is 6.42 Å². The molecule has 2 heterocycles. The molecule has 6 rings (SSSR count). The van der Waals surface area contributed by atoms with Crippen LogP contribution in [0.2, 0.25) is 0 Å². The average Bonchev–Trinajstić information content (AvgIpc) is 4.30. The van der Waals surface area contributed by atoms with Gasteiger partial charge in [-0.05, 0) is 57.1 Å². The van der Waals surface area contributed by atoms with E-state index in [1.165, 1.54) is 115 Å². The minimum Gasteiger partial charge on any atom is -0.473 e. The minimum absolute atomic E-state index is 1.14. The monoisotopic (exact) mass is 910 g/mol. The number of furan rings is 1. The topological polar surface area (TPSA) is 16.4 Å². The molecule has 1 saturated heterocycles. The van der Waals surface area contributed by atoms with Crippen molar-refractivity contribution in [3.8, 4) is 0 Å². The normalized spacial score (nSPS) is 10.6. The molecule has 394 valence electrons. The first kappa shape index (κ1) is 95.8. The maximum atomic E-state index is 4.58. The van der Waals surface area contributed by atoms with E-state index in [4.69, 9.17) is 0 Å². The fourth-order valence-corrected chi connectivity index (χ4v) is 4.15. The van der Waals surface area contributed by atoms with Crippen LogP contribution in [0.15, 0.2) is 95.8 Å². The molecule has 0 spiro atoms. The molecule has 2 heteroatoms. The standard InChI is InChI=1S/C8H10.C6H12.C6H6.C5H11N.C5H10.C4H4O.2C3H8.11C2H6/c1-2-8-6-4-3-5-7-8;2*1-2-4-6-5-3-1;1-6-4-2-3-5-6;2*1-2-4-5-3-1;2*1-3-2;11*1-2/h3-7H,2H2,1H3;1-6H2;1-6H;2-5H2,1H3;1-5H2;1-4H;2*3H2,1-2H3;11*1-2H3. The summed E-state index contributed by atoms with van der Waals surface area (Å²) in [6, 6.07) is 26.1. The molecule has 2 aromatic carbocycles. The predicted octanol–water partition coefficient (Wildman–Crippen LogP) is 24.3. The zero-order valence-electron chi connectivity index (χ0n) is 50.7. The molecule has 2 nitrogen and oxygen atoms in total. The third-order valence-electron chi connectivity index (χ3n) is 6.42. The van der Waals surface area contributed by atoms with E-state index in [0.717, 1.165) is 6.42 Å². The fraction of sp³-hybridized carbons (Fsp3) is 0.742. The molecule has 0 atom stereocenters. The van der Waals surface area contributed by atoms with Crippen molar-refractivity contribution in [3.05, 3.63) is 97.0 Å². The Morgan fingerprint density at radius 2 is 0.500 bits per heavy atom. The van der Waals surface area contributed by atoms with Gasteiger partial charge in [0.25, 0.3) is 0 Å². The maximum Gasteiger partial charge on any atom is 0.0902 e. The second-order valence-electron chi connectivity index (χ2n) is 11.1. The van der Waals surface area contributed by atoms with Crippen molar-refractivity contribution in [3.63, 3.8) is 0 Å². The molecule has 2 saturated carbocycles. The molecule has 0 unspecified atom stereocenters. The van der Waals surface area contributed by atoms with E-state index in [1.807, 2.05) is 207 Å². The van der Waals surface area contributed by atoms with Crippen molar-refractivity contribution >= 4 is 0 Å². The summed E-state index contributed by atoms with van der Waals surface area (Å²) < 4.78 is 4.58. The van der Waals surface area contributed by atoms with Crippen molar-refractivity contribution in [2.24, 2.45) is 0 Å². The number of nitrogens with zero attached hydrogens (tertiary/aromatic N) is 1. The predicted molar refractivity (Wildman–Crippen MR) is 315 cm³/mol. The van der Waals surface area contributed by atoms with Crippen molar-refractivity contribution < 1.29 is 4.42 Å². The van der Waals surface area contributed by atoms with Gasteiger partial charge in [0.2, 0.25) is 0 Å². The van der Waals surface area contributed by atoms with E-state index < -0.39 is 0 Å². The van der Waals surface area contributed by atoms with Gasteiger partial charge in [-0.1, -0.05) is 337 Å². The van der Waals surface area contributed by atoms with Crippen LogP contribution in [0.25, 0.3) is 0 Å². The Hall–Kier alpha value is -2.32. The number of benzene rings is 2. The van der Waals surface area contributed by atoms with Gasteiger partial charge < -0.3 is 9.32 Å². The van der Waals surface area contributed by atoms with E-state index in [1.54, 1.807) is 12.5 Å². The third-order valence-corrected chi connectivity index (χ3v) is 6.42. The van der Waals surface area contributed by atoms with E-state index in [-0.39, 0.29) is 0 Å². The summed E-state index contributed by atoms with van der Waals surface area (Å²) in [7, 11) is 2.17. The zero-order valence-corrected chi connectivity index (χ0v) is 50.7. The lowest BCUT2D eigenvalue weighted by molar-refractivity contribution is 0.418. The molecule has 1 aliphatic heterocycles. The van der Waals surface area contributed by atoms with Gasteiger partial charge in [-0.15, -0.1) is 0 Å². The fourth-order valence-electron chi connectivity index (χ4n) is 4.15. The van der Waals surface area contributed by atoms with Gasteiger partial charge in [-0.2, -0.15) is 0 Å². The highest BCUT2D eigenvalue weighted by molar-refractivity contribution is 5.13. The molecule has 64 heavy (non-hydrogen) atoms. The molecule has 0 radical (unpaired) electrons. The van der Waals surface area contributed by atoms with Crippen LogP contribution >= 0.6 is 0 Å². The molecular weight excluding hydrogens is 775 g/mol. The van der Waals surface area contributed by atoms with Crippen molar-refractivity contribution in [2.45, 2.75) is 290 Å². The lowest BCUT2D eigenvalue weighted by Gasteiger charge is -2.05. The van der Waals surface area contributed by atoms with E-state index in [2.05, 4.69) is 75.2 Å². The third kappa shape index (κ3) is 153. The number of rotatable bonds is 1. The molecule has 0 bridgehead atoms. The van der Waals surface area contributed by atoms with Gasteiger partial charge in [0.05, 0.1) is 12.5 Å². The molecule has 2 aliphatic carbocycles.